The van der Waals surface area contributed by atoms with Crippen LogP contribution in [-0.2, 0) is 19.5 Å². The predicted molar refractivity (Wildman–Crippen MR) is 95.9 cm³/mol. The van der Waals surface area contributed by atoms with Gasteiger partial charge >= 0.3 is 5.97 Å². The molecule has 1 heterocycles. The zero-order chi connectivity index (χ0) is 19.2. The largest absolute Gasteiger partial charge is 0.495 e. The Morgan fingerprint density at radius 2 is 1.92 bits per heavy atom. The number of carbonyl (C=O) groups excluding carboxylic acids is 1. The highest BCUT2D eigenvalue weighted by atomic mass is 32.2. The maximum atomic E-state index is 12.9. The van der Waals surface area contributed by atoms with Crippen LogP contribution in [0.25, 0.3) is 0 Å². The lowest BCUT2D eigenvalue weighted by Crippen LogP contribution is -2.47. The van der Waals surface area contributed by atoms with Crippen LogP contribution in [-0.4, -0.2) is 62.0 Å². The minimum absolute atomic E-state index is 0.0931. The van der Waals surface area contributed by atoms with Crippen molar-refractivity contribution in [1.29, 1.82) is 0 Å². The van der Waals surface area contributed by atoms with Crippen molar-refractivity contribution in [3.05, 3.63) is 23.8 Å². The summed E-state index contributed by atoms with van der Waals surface area (Å²) < 4.78 is 43.5. The van der Waals surface area contributed by atoms with Gasteiger partial charge in [0, 0.05) is 19.1 Å². The van der Waals surface area contributed by atoms with Crippen molar-refractivity contribution in [3.63, 3.8) is 0 Å². The number of benzene rings is 1. The highest BCUT2D eigenvalue weighted by Crippen LogP contribution is 2.30. The van der Waals surface area contributed by atoms with Crippen molar-refractivity contribution < 1.29 is 27.4 Å². The molecule has 8 nitrogen and oxygen atoms in total. The minimum atomic E-state index is -3.88. The summed E-state index contributed by atoms with van der Waals surface area (Å²) in [5, 5.41) is 3.27. The van der Waals surface area contributed by atoms with Gasteiger partial charge in [-0.05, 0) is 44.1 Å². The second kappa shape index (κ2) is 8.81. The smallest absolute Gasteiger partial charge is 0.337 e. The first-order valence-corrected chi connectivity index (χ1v) is 9.81. The third kappa shape index (κ3) is 4.73. The van der Waals surface area contributed by atoms with Crippen LogP contribution in [0, 0.1) is 5.41 Å². The maximum absolute atomic E-state index is 12.9. The molecule has 0 amide bonds. The predicted octanol–water partition coefficient (Wildman–Crippen LogP) is 0.776. The molecule has 0 saturated carbocycles. The molecule has 1 saturated heterocycles. The number of hydrogen-bond acceptors (Lipinski definition) is 7. The van der Waals surface area contributed by atoms with E-state index in [1.807, 2.05) is 0 Å². The topological polar surface area (TPSA) is 103 Å². The summed E-state index contributed by atoms with van der Waals surface area (Å²) in [6.07, 6.45) is 1.62. The monoisotopic (exact) mass is 386 g/mol. The Morgan fingerprint density at radius 3 is 2.50 bits per heavy atom. The summed E-state index contributed by atoms with van der Waals surface area (Å²) in [5.41, 5.74) is -0.123. The summed E-state index contributed by atoms with van der Waals surface area (Å²) in [4.78, 5) is 11.6. The van der Waals surface area contributed by atoms with E-state index in [2.05, 4.69) is 14.8 Å². The van der Waals surface area contributed by atoms with Gasteiger partial charge in [-0.15, -0.1) is 0 Å². The first kappa shape index (κ1) is 20.6. The number of esters is 1. The van der Waals surface area contributed by atoms with Crippen LogP contribution in [0.2, 0.25) is 0 Å². The molecule has 1 fully saturated rings. The second-order valence-electron chi connectivity index (χ2n) is 6.36. The molecule has 0 aromatic heterocycles. The van der Waals surface area contributed by atoms with Crippen LogP contribution in [0.4, 0.5) is 0 Å². The standard InChI is InChI=1S/C17H26N2O6S/c1-23-12-17(6-8-18-9-7-17)11-19-26(21,22)15-10-13(16(20)25-3)4-5-14(15)24-2/h4-5,10,18-19H,6-9,11-12H2,1-3H3. The average molecular weight is 386 g/mol. The third-order valence-electron chi connectivity index (χ3n) is 4.63. The number of nitrogens with one attached hydrogen (secondary N) is 2. The molecule has 0 aliphatic carbocycles. The molecule has 26 heavy (non-hydrogen) atoms. The molecular weight excluding hydrogens is 360 g/mol. The third-order valence-corrected chi connectivity index (χ3v) is 6.05. The van der Waals surface area contributed by atoms with Crippen molar-refractivity contribution in [2.45, 2.75) is 17.7 Å². The van der Waals surface area contributed by atoms with Crippen molar-refractivity contribution in [2.24, 2.45) is 5.41 Å². The van der Waals surface area contributed by atoms with Crippen LogP contribution in [0.15, 0.2) is 23.1 Å². The van der Waals surface area contributed by atoms with Gasteiger partial charge in [0.25, 0.3) is 0 Å². The Kier molecular flexibility index (Phi) is 6.99. The van der Waals surface area contributed by atoms with E-state index < -0.39 is 16.0 Å². The molecule has 0 unspecified atom stereocenters. The fourth-order valence-corrected chi connectivity index (χ4v) is 4.44. The lowest BCUT2D eigenvalue weighted by atomic mass is 9.80. The van der Waals surface area contributed by atoms with Crippen molar-refractivity contribution in [3.8, 4) is 5.75 Å². The summed E-state index contributed by atoms with van der Waals surface area (Å²) in [6.45, 7) is 2.34. The van der Waals surface area contributed by atoms with Crippen LogP contribution >= 0.6 is 0 Å². The Bertz CT molecular complexity index is 723. The molecule has 1 aromatic rings. The first-order valence-electron chi connectivity index (χ1n) is 8.33. The van der Waals surface area contributed by atoms with Crippen LogP contribution in [0.1, 0.15) is 23.2 Å². The van der Waals surface area contributed by atoms with Gasteiger partial charge in [-0.3, -0.25) is 0 Å². The number of hydrogen-bond donors (Lipinski definition) is 2. The van der Waals surface area contributed by atoms with E-state index in [1.54, 1.807) is 7.11 Å². The molecule has 1 aromatic carbocycles. The van der Waals surface area contributed by atoms with Gasteiger partial charge in [0.15, 0.2) is 0 Å². The number of piperidine rings is 1. The fourth-order valence-electron chi connectivity index (χ4n) is 3.09. The molecule has 1 aliphatic heterocycles. The van der Waals surface area contributed by atoms with E-state index in [9.17, 15) is 13.2 Å². The van der Waals surface area contributed by atoms with E-state index in [4.69, 9.17) is 9.47 Å². The highest BCUT2D eigenvalue weighted by molar-refractivity contribution is 7.89. The number of carbonyl (C=O) groups is 1. The summed E-state index contributed by atoms with van der Waals surface area (Å²) in [7, 11) is 0.351. The van der Waals surface area contributed by atoms with Crippen LogP contribution in [0.5, 0.6) is 5.75 Å². The summed E-state index contributed by atoms with van der Waals surface area (Å²) in [5.74, 6) is -0.449. The normalized spacial score (nSPS) is 16.9. The van der Waals surface area contributed by atoms with E-state index in [0.29, 0.717) is 6.61 Å². The second-order valence-corrected chi connectivity index (χ2v) is 8.10. The number of ether oxygens (including phenoxy) is 3. The molecule has 2 N–H and O–H groups in total. The molecule has 9 heteroatoms. The Balaban J connectivity index is 2.27. The number of sulfonamides is 1. The molecular formula is C17H26N2O6S. The number of methoxy groups -OCH3 is 3. The van der Waals surface area contributed by atoms with E-state index in [-0.39, 0.29) is 28.2 Å². The molecule has 146 valence electrons. The van der Waals surface area contributed by atoms with Gasteiger partial charge in [-0.2, -0.15) is 0 Å². The fraction of sp³-hybridized carbons (Fsp3) is 0.588. The lowest BCUT2D eigenvalue weighted by molar-refractivity contribution is 0.0577. The zero-order valence-electron chi connectivity index (χ0n) is 15.3. The Labute approximate surface area is 154 Å². The van der Waals surface area contributed by atoms with Crippen molar-refractivity contribution >= 4 is 16.0 Å². The summed E-state index contributed by atoms with van der Waals surface area (Å²) >= 11 is 0. The lowest BCUT2D eigenvalue weighted by Gasteiger charge is -2.37. The first-order chi connectivity index (χ1) is 12.4. The van der Waals surface area contributed by atoms with Crippen molar-refractivity contribution in [1.82, 2.24) is 10.0 Å². The maximum Gasteiger partial charge on any atom is 0.337 e. The van der Waals surface area contributed by atoms with Gasteiger partial charge in [-0.25, -0.2) is 17.9 Å². The van der Waals surface area contributed by atoms with Gasteiger partial charge in [-0.1, -0.05) is 0 Å². The number of rotatable bonds is 8. The minimum Gasteiger partial charge on any atom is -0.495 e. The van der Waals surface area contributed by atoms with E-state index in [1.165, 1.54) is 32.4 Å². The quantitative estimate of drug-likeness (QED) is 0.636. The average Bonchev–Trinajstić information content (AvgIpc) is 2.66. The van der Waals surface area contributed by atoms with Crippen LogP contribution in [0.3, 0.4) is 0 Å². The van der Waals surface area contributed by atoms with E-state index >= 15 is 0 Å². The molecule has 0 radical (unpaired) electrons. The molecule has 1 aliphatic rings. The SMILES string of the molecule is COCC1(CNS(=O)(=O)c2cc(C(=O)OC)ccc2OC)CCNCC1. The molecule has 0 atom stereocenters. The van der Waals surface area contributed by atoms with Crippen LogP contribution < -0.4 is 14.8 Å². The van der Waals surface area contributed by atoms with Crippen molar-refractivity contribution in [2.75, 3.05) is 47.6 Å². The summed E-state index contributed by atoms with van der Waals surface area (Å²) in [6, 6.07) is 4.16. The molecule has 2 rings (SSSR count). The van der Waals surface area contributed by atoms with Gasteiger partial charge in [0.2, 0.25) is 10.0 Å². The zero-order valence-corrected chi connectivity index (χ0v) is 16.1. The molecule has 0 bridgehead atoms. The van der Waals surface area contributed by atoms with Gasteiger partial charge in [0.1, 0.15) is 10.6 Å². The molecule has 0 spiro atoms. The Hall–Kier alpha value is -1.68. The Morgan fingerprint density at radius 1 is 1.23 bits per heavy atom. The van der Waals surface area contributed by atoms with E-state index in [0.717, 1.165) is 25.9 Å². The van der Waals surface area contributed by atoms with Gasteiger partial charge < -0.3 is 19.5 Å². The highest BCUT2D eigenvalue weighted by Gasteiger charge is 2.34. The van der Waals surface area contributed by atoms with Gasteiger partial charge in [0.05, 0.1) is 26.4 Å².